The van der Waals surface area contributed by atoms with E-state index in [0.717, 1.165) is 7.11 Å². The number of aromatic nitrogens is 2. The zero-order chi connectivity index (χ0) is 23.9. The van der Waals surface area contributed by atoms with Crippen molar-refractivity contribution in [3.63, 3.8) is 0 Å². The average molecular weight is 475 g/mol. The highest BCUT2D eigenvalue weighted by Gasteiger charge is 2.40. The van der Waals surface area contributed by atoms with Crippen molar-refractivity contribution in [2.75, 3.05) is 20.3 Å². The molecule has 2 rings (SSSR count). The fourth-order valence-corrected chi connectivity index (χ4v) is 4.30. The van der Waals surface area contributed by atoms with Crippen molar-refractivity contribution in [2.24, 2.45) is 5.11 Å². The van der Waals surface area contributed by atoms with Gasteiger partial charge in [-0.25, -0.2) is 14.2 Å². The highest BCUT2D eigenvalue weighted by Crippen LogP contribution is 2.51. The van der Waals surface area contributed by atoms with E-state index in [1.807, 2.05) is 0 Å². The maximum atomic E-state index is 13.0. The molecule has 0 saturated carbocycles. The molecule has 1 aromatic rings. The third-order valence-corrected chi connectivity index (χ3v) is 6.07. The summed E-state index contributed by atoms with van der Waals surface area (Å²) in [5, 5.41) is 3.66. The minimum atomic E-state index is -4.20. The van der Waals surface area contributed by atoms with Crippen LogP contribution in [0.15, 0.2) is 20.9 Å². The molecule has 1 fully saturated rings. The van der Waals surface area contributed by atoms with E-state index in [4.69, 9.17) is 23.8 Å². The summed E-state index contributed by atoms with van der Waals surface area (Å²) in [7, 11) is -3.05. The Morgan fingerprint density at radius 1 is 1.47 bits per heavy atom. The Balaban J connectivity index is 2.19. The molecule has 5 atom stereocenters. The number of ether oxygens (including phenoxy) is 2. The number of rotatable bonds is 11. The van der Waals surface area contributed by atoms with E-state index >= 15 is 0 Å². The normalized spacial score (nSPS) is 23.2. The van der Waals surface area contributed by atoms with E-state index in [2.05, 4.69) is 19.7 Å². The first-order valence-electron chi connectivity index (χ1n) is 9.81. The summed E-state index contributed by atoms with van der Waals surface area (Å²) < 4.78 is 40.2. The van der Waals surface area contributed by atoms with Crippen molar-refractivity contribution in [3.05, 3.63) is 43.0 Å². The number of H-pyrrole nitrogens is 1. The third kappa shape index (κ3) is 6.52. The van der Waals surface area contributed by atoms with Gasteiger partial charge in [-0.1, -0.05) is 12.0 Å². The molecule has 0 aromatic carbocycles. The van der Waals surface area contributed by atoms with E-state index < -0.39 is 49.5 Å². The largest absolute Gasteiger partial charge is 0.475 e. The van der Waals surface area contributed by atoms with Gasteiger partial charge < -0.3 is 9.47 Å². The Morgan fingerprint density at radius 2 is 2.19 bits per heavy atom. The predicted octanol–water partition coefficient (Wildman–Crippen LogP) is 1.94. The Kier molecular flexibility index (Phi) is 9.20. The summed E-state index contributed by atoms with van der Waals surface area (Å²) in [5.74, 6) is -0.772. The average Bonchev–Trinajstić information content (AvgIpc) is 3.15. The van der Waals surface area contributed by atoms with Gasteiger partial charge in [0.2, 0.25) is 0 Å². The predicted molar refractivity (Wildman–Crippen MR) is 110 cm³/mol. The first kappa shape index (κ1) is 25.8. The molecular weight excluding hydrogens is 449 g/mol. The van der Waals surface area contributed by atoms with Gasteiger partial charge >= 0.3 is 19.5 Å². The molecule has 0 aliphatic carbocycles. The fourth-order valence-electron chi connectivity index (χ4n) is 2.89. The van der Waals surface area contributed by atoms with Crippen LogP contribution in [-0.4, -0.2) is 54.1 Å². The van der Waals surface area contributed by atoms with E-state index in [1.54, 1.807) is 6.92 Å². The molecule has 2 unspecified atom stereocenters. The maximum absolute atomic E-state index is 13.0. The second kappa shape index (κ2) is 11.4. The van der Waals surface area contributed by atoms with Crippen molar-refractivity contribution < 1.29 is 32.4 Å². The summed E-state index contributed by atoms with van der Waals surface area (Å²) >= 11 is 0. The molecule has 0 bridgehead atoms. The summed E-state index contributed by atoms with van der Waals surface area (Å²) in [6, 6.07) is -0.776. The molecule has 0 spiro atoms. The van der Waals surface area contributed by atoms with Gasteiger partial charge in [-0.2, -0.15) is 0 Å². The molecule has 32 heavy (non-hydrogen) atoms. The molecule has 1 N–H and O–H groups in total. The fraction of sp³-hybridized carbons (Fsp3) is 0.706. The van der Waals surface area contributed by atoms with Crippen molar-refractivity contribution in [2.45, 2.75) is 58.1 Å². The standard InChI is InChI=1S/C17H26N5O9P/c1-5-6-28-32(26,31-11(3)16(24)27-4)29-9-13-12(20-21-18)7-14(30-13)22-8-10(2)15(23)19-17(22)25/h8,11-14H,5-7,9H2,1-4H3,(H,19,23,25)/t11?,12-,13+,14+,32?/m0/s1. The molecule has 15 heteroatoms. The lowest BCUT2D eigenvalue weighted by atomic mass is 10.1. The number of phosphoric ester groups is 1. The van der Waals surface area contributed by atoms with Gasteiger partial charge in [0.25, 0.3) is 5.56 Å². The van der Waals surface area contributed by atoms with Crippen LogP contribution >= 0.6 is 7.82 Å². The molecule has 1 aromatic heterocycles. The van der Waals surface area contributed by atoms with Crippen LogP contribution in [0.4, 0.5) is 0 Å². The Labute approximate surface area is 183 Å². The zero-order valence-corrected chi connectivity index (χ0v) is 19.0. The minimum Gasteiger partial charge on any atom is -0.467 e. The summed E-state index contributed by atoms with van der Waals surface area (Å²) in [4.78, 5) is 40.3. The van der Waals surface area contributed by atoms with Crippen molar-refractivity contribution >= 4 is 13.8 Å². The molecule has 0 amide bonds. The number of nitrogens with zero attached hydrogens (tertiary/aromatic N) is 4. The van der Waals surface area contributed by atoms with Gasteiger partial charge in [0, 0.05) is 23.1 Å². The summed E-state index contributed by atoms with van der Waals surface area (Å²) in [6.07, 6.45) is -1.07. The Bertz CT molecular complexity index is 1020. The highest BCUT2D eigenvalue weighted by atomic mass is 31.2. The number of methoxy groups -OCH3 is 1. The summed E-state index contributed by atoms with van der Waals surface area (Å²) in [5.41, 5.74) is 7.94. The molecule has 178 valence electrons. The molecule has 0 radical (unpaired) electrons. The number of aromatic amines is 1. The van der Waals surface area contributed by atoms with Gasteiger partial charge in [-0.3, -0.25) is 27.9 Å². The number of aryl methyl sites for hydroxylation is 1. The molecular formula is C17H26N5O9P. The van der Waals surface area contributed by atoms with Crippen LogP contribution in [0.5, 0.6) is 0 Å². The molecule has 1 saturated heterocycles. The smallest absolute Gasteiger partial charge is 0.467 e. The van der Waals surface area contributed by atoms with Gasteiger partial charge in [0.15, 0.2) is 6.10 Å². The van der Waals surface area contributed by atoms with E-state index in [9.17, 15) is 18.9 Å². The van der Waals surface area contributed by atoms with E-state index in [0.29, 0.717) is 6.42 Å². The van der Waals surface area contributed by atoms with Crippen molar-refractivity contribution in [1.29, 1.82) is 0 Å². The number of nitrogens with one attached hydrogen (secondary N) is 1. The van der Waals surface area contributed by atoms with Crippen LogP contribution in [0.2, 0.25) is 0 Å². The quantitative estimate of drug-likeness (QED) is 0.164. The van der Waals surface area contributed by atoms with Crippen LogP contribution in [0.3, 0.4) is 0 Å². The van der Waals surface area contributed by atoms with Crippen LogP contribution in [0.1, 0.15) is 38.5 Å². The highest BCUT2D eigenvalue weighted by molar-refractivity contribution is 7.48. The summed E-state index contributed by atoms with van der Waals surface area (Å²) in [6.45, 7) is 4.28. The van der Waals surface area contributed by atoms with Crippen LogP contribution in [-0.2, 0) is 32.4 Å². The van der Waals surface area contributed by atoms with E-state index in [1.165, 1.54) is 24.6 Å². The molecule has 14 nitrogen and oxygen atoms in total. The first-order chi connectivity index (χ1) is 15.1. The first-order valence-corrected chi connectivity index (χ1v) is 11.3. The lowest BCUT2D eigenvalue weighted by molar-refractivity contribution is -0.149. The van der Waals surface area contributed by atoms with Gasteiger partial charge in [0.1, 0.15) is 6.23 Å². The monoisotopic (exact) mass is 475 g/mol. The second-order valence-electron chi connectivity index (χ2n) is 6.96. The van der Waals surface area contributed by atoms with Crippen molar-refractivity contribution in [1.82, 2.24) is 9.55 Å². The third-order valence-electron chi connectivity index (χ3n) is 4.53. The number of phosphoric acid groups is 1. The van der Waals surface area contributed by atoms with Crippen molar-refractivity contribution in [3.8, 4) is 0 Å². The van der Waals surface area contributed by atoms with Gasteiger partial charge in [0.05, 0.1) is 32.5 Å². The zero-order valence-electron chi connectivity index (χ0n) is 18.1. The molecule has 1 aliphatic rings. The van der Waals surface area contributed by atoms with Gasteiger partial charge in [-0.05, 0) is 25.8 Å². The lowest BCUT2D eigenvalue weighted by Gasteiger charge is -2.23. The van der Waals surface area contributed by atoms with Crippen LogP contribution in [0, 0.1) is 6.92 Å². The minimum absolute atomic E-state index is 0.0329. The number of carbonyl (C=O) groups excluding carboxylic acids is 1. The Hall–Kier alpha value is -2.47. The topological polar surface area (TPSA) is 184 Å². The maximum Gasteiger partial charge on any atom is 0.475 e. The van der Waals surface area contributed by atoms with Gasteiger partial charge in [-0.15, -0.1) is 0 Å². The Morgan fingerprint density at radius 3 is 2.81 bits per heavy atom. The number of esters is 1. The number of hydrogen-bond acceptors (Lipinski definition) is 10. The lowest BCUT2D eigenvalue weighted by Crippen LogP contribution is -2.33. The molecule has 2 heterocycles. The van der Waals surface area contributed by atoms with Crippen LogP contribution < -0.4 is 11.2 Å². The SMILES string of the molecule is CCCOP(=O)(OC[C@H]1O[C@@H](n2cc(C)c(=O)[nH]c2=O)C[C@@H]1N=[N+]=[N-])OC(C)C(=O)OC. The number of carbonyl (C=O) groups is 1. The number of azide groups is 1. The van der Waals surface area contributed by atoms with Crippen LogP contribution in [0.25, 0.3) is 10.4 Å². The molecule has 1 aliphatic heterocycles. The number of hydrogen-bond donors (Lipinski definition) is 1. The van der Waals surface area contributed by atoms with E-state index in [-0.39, 0.29) is 25.2 Å². The second-order valence-corrected chi connectivity index (χ2v) is 8.58.